The van der Waals surface area contributed by atoms with Crippen LogP contribution in [0.3, 0.4) is 0 Å². The molecule has 0 radical (unpaired) electrons. The number of amides is 1. The average Bonchev–Trinajstić information content (AvgIpc) is 3.08. The van der Waals surface area contributed by atoms with Crippen LogP contribution in [0.15, 0.2) is 35.9 Å². The average molecular weight is 340 g/mol. The first-order valence-corrected chi connectivity index (χ1v) is 8.58. The number of carbonyl (C=O) groups excluding carboxylic acids is 2. The summed E-state index contributed by atoms with van der Waals surface area (Å²) in [5, 5.41) is 12.1. The predicted molar refractivity (Wildman–Crippen MR) is 95.0 cm³/mol. The van der Waals surface area contributed by atoms with E-state index in [1.165, 1.54) is 6.08 Å². The molecule has 0 unspecified atom stereocenters. The van der Waals surface area contributed by atoms with Gasteiger partial charge in [0.15, 0.2) is 11.7 Å². The number of benzene rings is 1. The summed E-state index contributed by atoms with van der Waals surface area (Å²) in [5.41, 5.74) is 1.74. The predicted octanol–water partition coefficient (Wildman–Crippen LogP) is 2.95. The Bertz CT molecular complexity index is 697. The molecule has 0 saturated heterocycles. The molecule has 1 atom stereocenters. The first kappa shape index (κ1) is 18.7. The number of ether oxygens (including phenoxy) is 1. The van der Waals surface area contributed by atoms with Gasteiger partial charge in [-0.3, -0.25) is 9.59 Å². The van der Waals surface area contributed by atoms with Crippen LogP contribution in [0.5, 0.6) is 5.75 Å². The zero-order valence-corrected chi connectivity index (χ0v) is 14.7. The lowest BCUT2D eigenvalue weighted by atomic mass is 9.99. The number of allylic oxidation sites excluding steroid dienone is 2. The number of nitrogens with one attached hydrogen (secondary N) is 1. The summed E-state index contributed by atoms with van der Waals surface area (Å²) < 4.78 is 5.30. The van der Waals surface area contributed by atoms with Crippen LogP contribution < -0.4 is 10.1 Å². The Labute approximate surface area is 148 Å². The van der Waals surface area contributed by atoms with Gasteiger partial charge >= 0.3 is 0 Å². The summed E-state index contributed by atoms with van der Waals surface area (Å²) in [6.45, 7) is 1.81. The van der Waals surface area contributed by atoms with Crippen molar-refractivity contribution in [3.8, 4) is 11.8 Å². The highest BCUT2D eigenvalue weighted by atomic mass is 16.5. The number of para-hydroxylation sites is 1. The van der Waals surface area contributed by atoms with E-state index in [1.54, 1.807) is 7.11 Å². The fraction of sp³-hybridized carbons (Fsp3) is 0.450. The van der Waals surface area contributed by atoms with Crippen molar-refractivity contribution >= 4 is 11.7 Å². The third kappa shape index (κ3) is 5.18. The molecule has 1 aromatic carbocycles. The maximum Gasteiger partial charge on any atom is 0.245 e. The summed E-state index contributed by atoms with van der Waals surface area (Å²) in [4.78, 5) is 24.6. The summed E-state index contributed by atoms with van der Waals surface area (Å²) in [7, 11) is 1.60. The second-order valence-corrected chi connectivity index (χ2v) is 6.43. The zero-order valence-electron chi connectivity index (χ0n) is 14.7. The maximum atomic E-state index is 12.4. The summed E-state index contributed by atoms with van der Waals surface area (Å²) >= 11 is 0. The van der Waals surface area contributed by atoms with Crippen LogP contribution in [0, 0.1) is 17.2 Å². The first-order valence-electron chi connectivity index (χ1n) is 8.58. The topological polar surface area (TPSA) is 79.2 Å². The van der Waals surface area contributed by atoms with Gasteiger partial charge in [-0.25, -0.2) is 0 Å². The van der Waals surface area contributed by atoms with Gasteiger partial charge in [0.05, 0.1) is 13.2 Å². The Balaban J connectivity index is 2.02. The van der Waals surface area contributed by atoms with Crippen LogP contribution in [0.25, 0.3) is 0 Å². The molecule has 0 heterocycles. The Morgan fingerprint density at radius 3 is 2.68 bits per heavy atom. The highest BCUT2D eigenvalue weighted by molar-refractivity contribution is 6.09. The molecule has 0 aromatic heterocycles. The fourth-order valence-corrected chi connectivity index (χ4v) is 3.13. The van der Waals surface area contributed by atoms with E-state index in [-0.39, 0.29) is 6.04 Å². The third-order valence-corrected chi connectivity index (χ3v) is 4.43. The van der Waals surface area contributed by atoms with E-state index in [1.807, 2.05) is 37.3 Å². The molecule has 1 aromatic rings. The summed E-state index contributed by atoms with van der Waals surface area (Å²) in [6.07, 6.45) is 5.91. The number of methoxy groups -OCH3 is 1. The monoisotopic (exact) mass is 340 g/mol. The van der Waals surface area contributed by atoms with E-state index >= 15 is 0 Å². The summed E-state index contributed by atoms with van der Waals surface area (Å²) in [5.74, 6) is -1.49. The molecule has 0 spiro atoms. The molecule has 1 N–H and O–H groups in total. The largest absolute Gasteiger partial charge is 0.496 e. The molecule has 1 aliphatic carbocycles. The van der Waals surface area contributed by atoms with Crippen molar-refractivity contribution in [1.82, 2.24) is 5.32 Å². The van der Waals surface area contributed by atoms with Crippen molar-refractivity contribution in [1.29, 1.82) is 5.26 Å². The number of nitrogens with zero attached hydrogens (tertiary/aromatic N) is 1. The van der Waals surface area contributed by atoms with Gasteiger partial charge in [0.25, 0.3) is 0 Å². The minimum absolute atomic E-state index is 0.0924. The fourth-order valence-electron chi connectivity index (χ4n) is 3.13. The molecule has 2 rings (SSSR count). The van der Waals surface area contributed by atoms with Crippen molar-refractivity contribution in [2.24, 2.45) is 5.92 Å². The Morgan fingerprint density at radius 2 is 2.04 bits per heavy atom. The van der Waals surface area contributed by atoms with Gasteiger partial charge in [0, 0.05) is 6.04 Å². The quantitative estimate of drug-likeness (QED) is 0.611. The van der Waals surface area contributed by atoms with Crippen LogP contribution in [0.2, 0.25) is 0 Å². The lowest BCUT2D eigenvalue weighted by Gasteiger charge is -2.14. The van der Waals surface area contributed by atoms with Gasteiger partial charge in [-0.15, -0.1) is 0 Å². The molecule has 5 nitrogen and oxygen atoms in total. The van der Waals surface area contributed by atoms with E-state index in [0.29, 0.717) is 6.42 Å². The van der Waals surface area contributed by atoms with Crippen LogP contribution in [-0.4, -0.2) is 24.8 Å². The van der Waals surface area contributed by atoms with Crippen LogP contribution in [-0.2, 0) is 16.0 Å². The van der Waals surface area contributed by atoms with Crippen molar-refractivity contribution in [2.45, 2.75) is 45.1 Å². The Hall–Kier alpha value is -2.61. The zero-order chi connectivity index (χ0) is 18.2. The molecule has 0 bridgehead atoms. The molecular weight excluding hydrogens is 316 g/mol. The smallest absolute Gasteiger partial charge is 0.245 e. The molecule has 132 valence electrons. The number of ketones is 1. The minimum Gasteiger partial charge on any atom is -0.496 e. The van der Waals surface area contributed by atoms with Crippen molar-refractivity contribution < 1.29 is 14.3 Å². The van der Waals surface area contributed by atoms with Crippen molar-refractivity contribution in [3.05, 3.63) is 41.5 Å². The van der Waals surface area contributed by atoms with E-state index < -0.39 is 17.6 Å². The van der Waals surface area contributed by atoms with E-state index in [2.05, 4.69) is 5.32 Å². The third-order valence-electron chi connectivity index (χ3n) is 4.43. The number of nitriles is 1. The van der Waals surface area contributed by atoms with Crippen molar-refractivity contribution in [2.75, 3.05) is 7.11 Å². The van der Waals surface area contributed by atoms with Crippen LogP contribution >= 0.6 is 0 Å². The van der Waals surface area contributed by atoms with Gasteiger partial charge in [-0.05, 0) is 43.9 Å². The SMILES string of the molecule is COc1ccccc1C/C(C)=C\C(=O)[C@H](C#N)C(=O)NC1CCCC1. The number of carbonyl (C=O) groups is 2. The van der Waals surface area contributed by atoms with Crippen LogP contribution in [0.4, 0.5) is 0 Å². The van der Waals surface area contributed by atoms with Crippen molar-refractivity contribution in [3.63, 3.8) is 0 Å². The van der Waals surface area contributed by atoms with Crippen LogP contribution in [0.1, 0.15) is 38.2 Å². The lowest BCUT2D eigenvalue weighted by molar-refractivity contribution is -0.129. The molecule has 1 fully saturated rings. The summed E-state index contributed by atoms with van der Waals surface area (Å²) in [6, 6.07) is 9.50. The normalized spacial score (nSPS) is 16.1. The number of rotatable bonds is 7. The first-order chi connectivity index (χ1) is 12.0. The second kappa shape index (κ2) is 9.03. The van der Waals surface area contributed by atoms with E-state index in [0.717, 1.165) is 42.6 Å². The standard InChI is InChI=1S/C20H24N2O3/c1-14(11-15-7-3-6-10-19(15)25-2)12-18(23)17(13-21)20(24)22-16-8-4-5-9-16/h3,6-7,10,12,16-17H,4-5,8-9,11H2,1-2H3,(H,22,24)/b14-12-/t17-/m0/s1. The number of hydrogen-bond acceptors (Lipinski definition) is 4. The van der Waals surface area contributed by atoms with Gasteiger partial charge in [-0.1, -0.05) is 36.6 Å². The van der Waals surface area contributed by atoms with Gasteiger partial charge < -0.3 is 10.1 Å². The Kier molecular flexibility index (Phi) is 6.76. The highest BCUT2D eigenvalue weighted by Gasteiger charge is 2.27. The van der Waals surface area contributed by atoms with E-state index in [4.69, 9.17) is 4.74 Å². The molecule has 1 aliphatic rings. The van der Waals surface area contributed by atoms with E-state index in [9.17, 15) is 14.9 Å². The molecule has 1 amide bonds. The van der Waals surface area contributed by atoms with Gasteiger partial charge in [0.2, 0.25) is 5.91 Å². The molecule has 25 heavy (non-hydrogen) atoms. The molecule has 1 saturated carbocycles. The Morgan fingerprint density at radius 1 is 1.36 bits per heavy atom. The highest BCUT2D eigenvalue weighted by Crippen LogP contribution is 2.21. The molecular formula is C20H24N2O3. The lowest BCUT2D eigenvalue weighted by Crippen LogP contribution is -2.39. The van der Waals surface area contributed by atoms with Gasteiger partial charge in [-0.2, -0.15) is 5.26 Å². The van der Waals surface area contributed by atoms with Gasteiger partial charge in [0.1, 0.15) is 5.75 Å². The number of hydrogen-bond donors (Lipinski definition) is 1. The second-order valence-electron chi connectivity index (χ2n) is 6.43. The molecule has 5 heteroatoms. The minimum atomic E-state index is -1.28. The maximum absolute atomic E-state index is 12.4. The molecule has 0 aliphatic heterocycles.